The third kappa shape index (κ3) is 4.05. The number of aryl methyl sites for hydroxylation is 2. The Kier molecular flexibility index (Phi) is 5.15. The van der Waals surface area contributed by atoms with Gasteiger partial charge in [-0.25, -0.2) is 4.79 Å². The Morgan fingerprint density at radius 1 is 1.35 bits per heavy atom. The maximum Gasteiger partial charge on any atom is 0.338 e. The van der Waals surface area contributed by atoms with Gasteiger partial charge in [0.1, 0.15) is 6.10 Å². The second-order valence-electron chi connectivity index (χ2n) is 5.45. The Hall–Kier alpha value is -1.39. The minimum Gasteiger partial charge on any atom is -0.458 e. The first-order valence-electron chi connectivity index (χ1n) is 7.14. The number of hydrogen-bond acceptors (Lipinski definition) is 4. The van der Waals surface area contributed by atoms with Gasteiger partial charge in [0.05, 0.1) is 18.8 Å². The van der Waals surface area contributed by atoms with E-state index in [1.54, 1.807) is 0 Å². The lowest BCUT2D eigenvalue weighted by atomic mass is 10.1. The van der Waals surface area contributed by atoms with Crippen molar-refractivity contribution in [1.29, 1.82) is 0 Å². The first kappa shape index (κ1) is 15.0. The first-order chi connectivity index (χ1) is 9.56. The highest BCUT2D eigenvalue weighted by Crippen LogP contribution is 2.13. The van der Waals surface area contributed by atoms with Gasteiger partial charge < -0.3 is 9.47 Å². The van der Waals surface area contributed by atoms with Crippen LogP contribution in [0.4, 0.5) is 0 Å². The molecule has 0 unspecified atom stereocenters. The van der Waals surface area contributed by atoms with Crippen molar-refractivity contribution < 1.29 is 14.3 Å². The SMILES string of the molecule is Cc1ccc(C(=O)O[C@H](C)CN2CCOCC2)c(C)c1. The number of carbonyl (C=O) groups excluding carboxylic acids is 1. The van der Waals surface area contributed by atoms with Crippen molar-refractivity contribution in [2.24, 2.45) is 0 Å². The number of nitrogens with zero attached hydrogens (tertiary/aromatic N) is 1. The monoisotopic (exact) mass is 277 g/mol. The van der Waals surface area contributed by atoms with Gasteiger partial charge in [-0.15, -0.1) is 0 Å². The van der Waals surface area contributed by atoms with E-state index in [-0.39, 0.29) is 12.1 Å². The van der Waals surface area contributed by atoms with Gasteiger partial charge in [0, 0.05) is 19.6 Å². The standard InChI is InChI=1S/C16H23NO3/c1-12-4-5-15(13(2)10-12)16(18)20-14(3)11-17-6-8-19-9-7-17/h4-5,10,14H,6-9,11H2,1-3H3/t14-/m1/s1. The summed E-state index contributed by atoms with van der Waals surface area (Å²) in [6, 6.07) is 5.79. The number of rotatable bonds is 4. The zero-order valence-electron chi connectivity index (χ0n) is 12.5. The van der Waals surface area contributed by atoms with Crippen molar-refractivity contribution in [1.82, 2.24) is 4.90 Å². The van der Waals surface area contributed by atoms with Crippen LogP contribution in [-0.4, -0.2) is 49.8 Å². The molecule has 4 nitrogen and oxygen atoms in total. The molecule has 0 amide bonds. The molecule has 2 rings (SSSR count). The molecule has 1 atom stereocenters. The molecule has 20 heavy (non-hydrogen) atoms. The number of ether oxygens (including phenoxy) is 2. The molecule has 0 N–H and O–H groups in total. The second-order valence-corrected chi connectivity index (χ2v) is 5.45. The highest BCUT2D eigenvalue weighted by Gasteiger charge is 2.18. The summed E-state index contributed by atoms with van der Waals surface area (Å²) in [5.41, 5.74) is 2.78. The Labute approximate surface area is 120 Å². The topological polar surface area (TPSA) is 38.8 Å². The van der Waals surface area contributed by atoms with Crippen molar-refractivity contribution in [3.05, 3.63) is 34.9 Å². The second kappa shape index (κ2) is 6.86. The fourth-order valence-corrected chi connectivity index (χ4v) is 2.47. The fraction of sp³-hybridized carbons (Fsp3) is 0.562. The molecule has 1 fully saturated rings. The molecule has 1 aromatic rings. The van der Waals surface area contributed by atoms with E-state index in [1.165, 1.54) is 0 Å². The third-order valence-corrected chi connectivity index (χ3v) is 3.53. The van der Waals surface area contributed by atoms with Gasteiger partial charge in [-0.3, -0.25) is 4.90 Å². The van der Waals surface area contributed by atoms with Crippen molar-refractivity contribution in [3.8, 4) is 0 Å². The summed E-state index contributed by atoms with van der Waals surface area (Å²) in [6.07, 6.45) is -0.110. The maximum atomic E-state index is 12.2. The average Bonchev–Trinajstić information content (AvgIpc) is 2.39. The van der Waals surface area contributed by atoms with Crippen LogP contribution in [-0.2, 0) is 9.47 Å². The Morgan fingerprint density at radius 2 is 2.05 bits per heavy atom. The smallest absolute Gasteiger partial charge is 0.338 e. The molecule has 0 aliphatic carbocycles. The van der Waals surface area contributed by atoms with Crippen molar-refractivity contribution in [3.63, 3.8) is 0 Å². The van der Waals surface area contributed by atoms with Crippen LogP contribution in [0.5, 0.6) is 0 Å². The van der Waals surface area contributed by atoms with Gasteiger partial charge in [-0.1, -0.05) is 17.7 Å². The molecule has 0 bridgehead atoms. The minimum absolute atomic E-state index is 0.110. The Balaban J connectivity index is 1.89. The molecule has 4 heteroatoms. The predicted molar refractivity (Wildman–Crippen MR) is 78.1 cm³/mol. The van der Waals surface area contributed by atoms with Crippen LogP contribution in [0.3, 0.4) is 0 Å². The number of carbonyl (C=O) groups is 1. The molecule has 110 valence electrons. The van der Waals surface area contributed by atoms with Gasteiger partial charge in [-0.05, 0) is 32.4 Å². The molecule has 0 saturated carbocycles. The quantitative estimate of drug-likeness (QED) is 0.791. The largest absolute Gasteiger partial charge is 0.458 e. The van der Waals surface area contributed by atoms with E-state index >= 15 is 0 Å². The number of esters is 1. The molecule has 0 spiro atoms. The van der Waals surface area contributed by atoms with E-state index in [0.717, 1.165) is 44.0 Å². The molecule has 0 aromatic heterocycles. The number of morpholine rings is 1. The fourth-order valence-electron chi connectivity index (χ4n) is 2.47. The lowest BCUT2D eigenvalue weighted by Crippen LogP contribution is -2.41. The van der Waals surface area contributed by atoms with Crippen LogP contribution in [0, 0.1) is 13.8 Å². The van der Waals surface area contributed by atoms with Gasteiger partial charge in [0.2, 0.25) is 0 Å². The molecule has 1 heterocycles. The van der Waals surface area contributed by atoms with E-state index in [9.17, 15) is 4.79 Å². The Bertz CT molecular complexity index is 467. The van der Waals surface area contributed by atoms with Crippen LogP contribution >= 0.6 is 0 Å². The van der Waals surface area contributed by atoms with Crippen LogP contribution in [0.2, 0.25) is 0 Å². The number of benzene rings is 1. The van der Waals surface area contributed by atoms with E-state index in [1.807, 2.05) is 39.0 Å². The summed E-state index contributed by atoms with van der Waals surface area (Å²) in [5.74, 6) is -0.233. The third-order valence-electron chi connectivity index (χ3n) is 3.53. The van der Waals surface area contributed by atoms with Crippen LogP contribution < -0.4 is 0 Å². The van der Waals surface area contributed by atoms with Gasteiger partial charge in [0.15, 0.2) is 0 Å². The van der Waals surface area contributed by atoms with E-state index < -0.39 is 0 Å². The highest BCUT2D eigenvalue weighted by molar-refractivity contribution is 5.91. The summed E-state index contributed by atoms with van der Waals surface area (Å²) < 4.78 is 10.8. The van der Waals surface area contributed by atoms with Crippen LogP contribution in [0.15, 0.2) is 18.2 Å². The zero-order valence-corrected chi connectivity index (χ0v) is 12.5. The number of hydrogen-bond donors (Lipinski definition) is 0. The lowest BCUT2D eigenvalue weighted by Gasteiger charge is -2.28. The van der Waals surface area contributed by atoms with Crippen molar-refractivity contribution in [2.45, 2.75) is 26.9 Å². The van der Waals surface area contributed by atoms with Crippen LogP contribution in [0.1, 0.15) is 28.4 Å². The van der Waals surface area contributed by atoms with Gasteiger partial charge in [-0.2, -0.15) is 0 Å². The molecule has 1 aromatic carbocycles. The molecule has 1 saturated heterocycles. The maximum absolute atomic E-state index is 12.2. The van der Waals surface area contributed by atoms with E-state index in [0.29, 0.717) is 5.56 Å². The predicted octanol–water partition coefficient (Wildman–Crippen LogP) is 2.18. The molecular weight excluding hydrogens is 254 g/mol. The minimum atomic E-state index is -0.233. The zero-order chi connectivity index (χ0) is 14.5. The summed E-state index contributed by atoms with van der Waals surface area (Å²) in [7, 11) is 0. The van der Waals surface area contributed by atoms with Crippen molar-refractivity contribution >= 4 is 5.97 Å². The van der Waals surface area contributed by atoms with Gasteiger partial charge >= 0.3 is 5.97 Å². The molecule has 1 aliphatic heterocycles. The normalized spacial score (nSPS) is 17.8. The molecular formula is C16H23NO3. The van der Waals surface area contributed by atoms with Crippen molar-refractivity contribution in [2.75, 3.05) is 32.8 Å². The summed E-state index contributed by atoms with van der Waals surface area (Å²) >= 11 is 0. The van der Waals surface area contributed by atoms with Crippen LogP contribution in [0.25, 0.3) is 0 Å². The summed E-state index contributed by atoms with van der Waals surface area (Å²) in [4.78, 5) is 14.4. The first-order valence-corrected chi connectivity index (χ1v) is 7.14. The average molecular weight is 277 g/mol. The van der Waals surface area contributed by atoms with E-state index in [2.05, 4.69) is 4.90 Å². The Morgan fingerprint density at radius 3 is 2.70 bits per heavy atom. The van der Waals surface area contributed by atoms with E-state index in [4.69, 9.17) is 9.47 Å². The molecule has 0 radical (unpaired) electrons. The van der Waals surface area contributed by atoms with Gasteiger partial charge in [0.25, 0.3) is 0 Å². The molecule has 1 aliphatic rings. The summed E-state index contributed by atoms with van der Waals surface area (Å²) in [5, 5.41) is 0. The lowest BCUT2D eigenvalue weighted by molar-refractivity contribution is 0.000411. The summed E-state index contributed by atoms with van der Waals surface area (Å²) in [6.45, 7) is 10.0. The highest BCUT2D eigenvalue weighted by atomic mass is 16.5.